The highest BCUT2D eigenvalue weighted by molar-refractivity contribution is 5.92. The zero-order chi connectivity index (χ0) is 15.4. The van der Waals surface area contributed by atoms with Crippen LogP contribution in [0.15, 0.2) is 30.6 Å². The first-order valence-electron chi connectivity index (χ1n) is 7.64. The molecule has 3 rings (SSSR count). The second-order valence-electron chi connectivity index (χ2n) is 5.96. The van der Waals surface area contributed by atoms with E-state index >= 15 is 0 Å². The van der Waals surface area contributed by atoms with Gasteiger partial charge in [-0.2, -0.15) is 0 Å². The molecule has 1 aliphatic rings. The van der Waals surface area contributed by atoms with Gasteiger partial charge in [0.2, 0.25) is 0 Å². The fourth-order valence-corrected chi connectivity index (χ4v) is 3.04. The summed E-state index contributed by atoms with van der Waals surface area (Å²) in [5.74, 6) is -0.127. The zero-order valence-electron chi connectivity index (χ0n) is 12.8. The number of hydrogen-bond donors (Lipinski definition) is 2. The third kappa shape index (κ3) is 3.13. The topological polar surface area (TPSA) is 67.7 Å². The first-order valence-corrected chi connectivity index (χ1v) is 7.64. The van der Waals surface area contributed by atoms with Gasteiger partial charge >= 0.3 is 0 Å². The Bertz CT molecular complexity index is 608. The number of piperidine rings is 1. The van der Waals surface area contributed by atoms with Gasteiger partial charge in [0.05, 0.1) is 6.61 Å². The summed E-state index contributed by atoms with van der Waals surface area (Å²) in [6.07, 6.45) is 5.66. The first-order chi connectivity index (χ1) is 10.7. The molecule has 118 valence electrons. The zero-order valence-corrected chi connectivity index (χ0v) is 12.8. The highest BCUT2D eigenvalue weighted by Gasteiger charge is 2.32. The molecule has 0 aromatic carbocycles. The summed E-state index contributed by atoms with van der Waals surface area (Å²) in [6.45, 7) is 3.22. The Balaban J connectivity index is 1.67. The summed E-state index contributed by atoms with van der Waals surface area (Å²) in [5, 5.41) is 6.38. The molecular formula is C16H22N4O2. The van der Waals surface area contributed by atoms with E-state index in [-0.39, 0.29) is 11.3 Å². The van der Waals surface area contributed by atoms with Gasteiger partial charge in [0, 0.05) is 31.5 Å². The molecule has 2 aromatic heterocycles. The van der Waals surface area contributed by atoms with E-state index in [4.69, 9.17) is 4.74 Å². The third-order valence-corrected chi connectivity index (χ3v) is 4.34. The van der Waals surface area contributed by atoms with E-state index < -0.39 is 0 Å². The van der Waals surface area contributed by atoms with Crippen molar-refractivity contribution in [3.63, 3.8) is 0 Å². The number of pyridine rings is 1. The van der Waals surface area contributed by atoms with E-state index in [0.29, 0.717) is 18.8 Å². The molecule has 6 nitrogen and oxygen atoms in total. The Kier molecular flexibility index (Phi) is 4.40. The Morgan fingerprint density at radius 3 is 3.00 bits per heavy atom. The van der Waals surface area contributed by atoms with Crippen LogP contribution in [0, 0.1) is 5.41 Å². The molecule has 6 heteroatoms. The number of hydrogen-bond acceptors (Lipinski definition) is 4. The third-order valence-electron chi connectivity index (χ3n) is 4.34. The van der Waals surface area contributed by atoms with Crippen molar-refractivity contribution in [3.05, 3.63) is 36.3 Å². The molecule has 0 bridgehead atoms. The average Bonchev–Trinajstić information content (AvgIpc) is 2.98. The molecule has 3 heterocycles. The lowest BCUT2D eigenvalue weighted by Crippen LogP contribution is -2.47. The predicted octanol–water partition coefficient (Wildman–Crippen LogP) is 1.08. The van der Waals surface area contributed by atoms with Crippen LogP contribution in [0.3, 0.4) is 0 Å². The van der Waals surface area contributed by atoms with E-state index in [2.05, 4.69) is 15.6 Å². The van der Waals surface area contributed by atoms with Crippen LogP contribution in [0.2, 0.25) is 0 Å². The molecule has 0 aliphatic carbocycles. The van der Waals surface area contributed by atoms with E-state index in [0.717, 1.165) is 31.6 Å². The van der Waals surface area contributed by atoms with E-state index in [1.807, 2.05) is 28.8 Å². The number of methoxy groups -OCH3 is 1. The Hall–Kier alpha value is -1.92. The van der Waals surface area contributed by atoms with Crippen LogP contribution in [0.25, 0.3) is 5.65 Å². The Labute approximate surface area is 129 Å². The standard InChI is InChI=1S/C16H22N4O2/c1-22-12-16(5-7-17-8-6-16)11-18-15(21)13-10-20-9-3-2-4-14(20)19-13/h2-4,9-10,17H,5-8,11-12H2,1H3,(H,18,21). The number of nitrogens with zero attached hydrogens (tertiary/aromatic N) is 2. The van der Waals surface area contributed by atoms with Gasteiger partial charge in [-0.15, -0.1) is 0 Å². The van der Waals surface area contributed by atoms with Crippen molar-refractivity contribution < 1.29 is 9.53 Å². The minimum Gasteiger partial charge on any atom is -0.384 e. The lowest BCUT2D eigenvalue weighted by Gasteiger charge is -2.37. The molecule has 0 radical (unpaired) electrons. The predicted molar refractivity (Wildman–Crippen MR) is 83.9 cm³/mol. The van der Waals surface area contributed by atoms with Gasteiger partial charge in [-0.05, 0) is 38.1 Å². The van der Waals surface area contributed by atoms with Crippen LogP contribution in [0.4, 0.5) is 0 Å². The molecule has 0 spiro atoms. The quantitative estimate of drug-likeness (QED) is 0.867. The van der Waals surface area contributed by atoms with E-state index in [9.17, 15) is 4.79 Å². The van der Waals surface area contributed by atoms with E-state index in [1.165, 1.54) is 0 Å². The van der Waals surface area contributed by atoms with Crippen LogP contribution in [-0.4, -0.2) is 48.6 Å². The summed E-state index contributed by atoms with van der Waals surface area (Å²) in [5.41, 5.74) is 1.25. The normalized spacial score (nSPS) is 17.5. The maximum absolute atomic E-state index is 12.4. The highest BCUT2D eigenvalue weighted by atomic mass is 16.5. The number of nitrogens with one attached hydrogen (secondary N) is 2. The smallest absolute Gasteiger partial charge is 0.271 e. The lowest BCUT2D eigenvalue weighted by molar-refractivity contribution is 0.0511. The Morgan fingerprint density at radius 2 is 2.27 bits per heavy atom. The van der Waals surface area contributed by atoms with Crippen LogP contribution in [0.5, 0.6) is 0 Å². The number of carbonyl (C=O) groups is 1. The fraction of sp³-hybridized carbons (Fsp3) is 0.500. The number of imidazole rings is 1. The second-order valence-corrected chi connectivity index (χ2v) is 5.96. The van der Waals surface area contributed by atoms with Gasteiger partial charge in [0.25, 0.3) is 5.91 Å². The number of amides is 1. The maximum atomic E-state index is 12.4. The fourth-order valence-electron chi connectivity index (χ4n) is 3.04. The first kappa shape index (κ1) is 15.0. The van der Waals surface area contributed by atoms with Gasteiger partial charge in [-0.1, -0.05) is 6.07 Å². The minimum atomic E-state index is -0.127. The molecule has 1 fully saturated rings. The highest BCUT2D eigenvalue weighted by Crippen LogP contribution is 2.28. The van der Waals surface area contributed by atoms with Gasteiger partial charge in [-0.3, -0.25) is 4.79 Å². The van der Waals surface area contributed by atoms with Gasteiger partial charge in [-0.25, -0.2) is 4.98 Å². The van der Waals surface area contributed by atoms with Gasteiger partial charge in [0.1, 0.15) is 11.3 Å². The van der Waals surface area contributed by atoms with E-state index in [1.54, 1.807) is 13.3 Å². The average molecular weight is 302 g/mol. The summed E-state index contributed by atoms with van der Waals surface area (Å²) >= 11 is 0. The van der Waals surface area contributed by atoms with Gasteiger partial charge < -0.3 is 19.8 Å². The Morgan fingerprint density at radius 1 is 1.45 bits per heavy atom. The van der Waals surface area contributed by atoms with Gasteiger partial charge in [0.15, 0.2) is 0 Å². The van der Waals surface area contributed by atoms with Crippen molar-refractivity contribution in [2.75, 3.05) is 33.4 Å². The lowest BCUT2D eigenvalue weighted by atomic mass is 9.79. The number of ether oxygens (including phenoxy) is 1. The van der Waals surface area contributed by atoms with Crippen LogP contribution >= 0.6 is 0 Å². The van der Waals surface area contributed by atoms with Crippen molar-refractivity contribution in [1.29, 1.82) is 0 Å². The molecular weight excluding hydrogens is 280 g/mol. The molecule has 1 amide bonds. The second kappa shape index (κ2) is 6.46. The molecule has 22 heavy (non-hydrogen) atoms. The SMILES string of the molecule is COCC1(CNC(=O)c2cn3ccccc3n2)CCNCC1. The molecule has 0 unspecified atom stereocenters. The summed E-state index contributed by atoms with van der Waals surface area (Å²) in [6, 6.07) is 5.71. The monoisotopic (exact) mass is 302 g/mol. The largest absolute Gasteiger partial charge is 0.384 e. The molecule has 1 aliphatic heterocycles. The molecule has 0 atom stereocenters. The van der Waals surface area contributed by atoms with Crippen molar-refractivity contribution in [1.82, 2.24) is 20.0 Å². The van der Waals surface area contributed by atoms with Crippen molar-refractivity contribution in [2.45, 2.75) is 12.8 Å². The van der Waals surface area contributed by atoms with Crippen LogP contribution in [-0.2, 0) is 4.74 Å². The minimum absolute atomic E-state index is 0.0226. The molecule has 2 N–H and O–H groups in total. The summed E-state index contributed by atoms with van der Waals surface area (Å²) in [7, 11) is 1.72. The molecule has 2 aromatic rings. The number of carbonyl (C=O) groups excluding carboxylic acids is 1. The summed E-state index contributed by atoms with van der Waals surface area (Å²) in [4.78, 5) is 16.7. The summed E-state index contributed by atoms with van der Waals surface area (Å²) < 4.78 is 7.22. The maximum Gasteiger partial charge on any atom is 0.271 e. The number of rotatable bonds is 5. The molecule has 0 saturated carbocycles. The van der Waals surface area contributed by atoms with Crippen LogP contribution in [0.1, 0.15) is 23.3 Å². The van der Waals surface area contributed by atoms with Crippen molar-refractivity contribution >= 4 is 11.6 Å². The van der Waals surface area contributed by atoms with Crippen molar-refractivity contribution in [3.8, 4) is 0 Å². The van der Waals surface area contributed by atoms with Crippen molar-refractivity contribution in [2.24, 2.45) is 5.41 Å². The molecule has 1 saturated heterocycles. The number of fused-ring (bicyclic) bond motifs is 1. The number of aromatic nitrogens is 2. The van der Waals surface area contributed by atoms with Crippen LogP contribution < -0.4 is 10.6 Å².